The van der Waals surface area contributed by atoms with Gasteiger partial charge >= 0.3 is 6.01 Å². The second-order valence-corrected chi connectivity index (χ2v) is 8.74. The van der Waals surface area contributed by atoms with Crippen molar-refractivity contribution in [2.24, 2.45) is 5.92 Å². The Morgan fingerprint density at radius 3 is 2.80 bits per heavy atom. The Kier molecular flexibility index (Phi) is 5.13. The summed E-state index contributed by atoms with van der Waals surface area (Å²) < 4.78 is 5.95. The fourth-order valence-electron chi connectivity index (χ4n) is 4.60. The molecular formula is C23H26ClN5O. The number of anilines is 2. The maximum absolute atomic E-state index is 6.55. The van der Waals surface area contributed by atoms with E-state index in [1.807, 2.05) is 12.1 Å². The summed E-state index contributed by atoms with van der Waals surface area (Å²) in [6, 6.07) is 12.7. The fourth-order valence-corrected chi connectivity index (χ4v) is 4.88. The molecule has 7 heteroatoms. The Bertz CT molecular complexity index is 1080. The molecule has 2 aliphatic rings. The van der Waals surface area contributed by atoms with Crippen LogP contribution >= 0.6 is 11.6 Å². The lowest BCUT2D eigenvalue weighted by Crippen LogP contribution is -2.32. The molecule has 3 heterocycles. The Morgan fingerprint density at radius 1 is 1.17 bits per heavy atom. The molecule has 30 heavy (non-hydrogen) atoms. The van der Waals surface area contributed by atoms with Gasteiger partial charge in [0.1, 0.15) is 5.82 Å². The molecule has 6 nitrogen and oxygen atoms in total. The van der Waals surface area contributed by atoms with E-state index >= 15 is 0 Å². The molecule has 0 bridgehead atoms. The normalized spacial score (nSPS) is 19.3. The number of nitrogen functional groups attached to an aromatic ring is 1. The highest BCUT2D eigenvalue weighted by atomic mass is 35.5. The molecule has 2 aromatic carbocycles. The van der Waals surface area contributed by atoms with Gasteiger partial charge in [-0.1, -0.05) is 35.9 Å². The standard InChI is InChI=1S/C23H26ClN5O/c1-28-10-8-15(12-28)14-30-23-26-19-13-29(11-9-17(19)22(25)27-23)20-7-3-5-16-4-2-6-18(24)21(16)20/h2-7,15H,8-14H2,1H3,(H2,25,26,27)/t15-/m1/s1. The van der Waals surface area contributed by atoms with Crippen LogP contribution in [0, 0.1) is 5.92 Å². The third-order valence-corrected chi connectivity index (χ3v) is 6.50. The zero-order valence-electron chi connectivity index (χ0n) is 17.1. The highest BCUT2D eigenvalue weighted by Gasteiger charge is 2.25. The lowest BCUT2D eigenvalue weighted by Gasteiger charge is -2.31. The summed E-state index contributed by atoms with van der Waals surface area (Å²) in [5.74, 6) is 1.05. The number of likely N-dealkylation sites (tertiary alicyclic amines) is 1. The highest BCUT2D eigenvalue weighted by Crippen LogP contribution is 2.35. The molecule has 0 saturated carbocycles. The number of fused-ring (bicyclic) bond motifs is 2. The number of nitrogens with zero attached hydrogens (tertiary/aromatic N) is 4. The molecule has 1 atom stereocenters. The molecular weight excluding hydrogens is 398 g/mol. The smallest absolute Gasteiger partial charge is 0.318 e. The predicted molar refractivity (Wildman–Crippen MR) is 121 cm³/mol. The van der Waals surface area contributed by atoms with E-state index in [1.54, 1.807) is 0 Å². The number of benzene rings is 2. The molecule has 0 unspecified atom stereocenters. The van der Waals surface area contributed by atoms with E-state index in [2.05, 4.69) is 46.1 Å². The van der Waals surface area contributed by atoms with Crippen LogP contribution in [0.1, 0.15) is 17.7 Å². The molecule has 0 amide bonds. The first-order valence-electron chi connectivity index (χ1n) is 10.5. The van der Waals surface area contributed by atoms with Crippen molar-refractivity contribution in [2.45, 2.75) is 19.4 Å². The summed E-state index contributed by atoms with van der Waals surface area (Å²) in [5, 5.41) is 2.98. The van der Waals surface area contributed by atoms with Crippen LogP contribution in [0.2, 0.25) is 5.02 Å². The molecule has 2 N–H and O–H groups in total. The van der Waals surface area contributed by atoms with E-state index in [4.69, 9.17) is 27.1 Å². The van der Waals surface area contributed by atoms with Crippen molar-refractivity contribution in [3.8, 4) is 6.01 Å². The van der Waals surface area contributed by atoms with Gasteiger partial charge in [0.25, 0.3) is 0 Å². The first-order valence-corrected chi connectivity index (χ1v) is 10.8. The molecule has 2 aliphatic heterocycles. The fraction of sp³-hybridized carbons (Fsp3) is 0.391. The van der Waals surface area contributed by atoms with Gasteiger partial charge in [0.2, 0.25) is 0 Å². The van der Waals surface area contributed by atoms with E-state index in [0.717, 1.165) is 65.2 Å². The highest BCUT2D eigenvalue weighted by molar-refractivity contribution is 6.36. The van der Waals surface area contributed by atoms with Gasteiger partial charge in [-0.3, -0.25) is 0 Å². The van der Waals surface area contributed by atoms with E-state index < -0.39 is 0 Å². The molecule has 1 saturated heterocycles. The quantitative estimate of drug-likeness (QED) is 0.689. The molecule has 1 aromatic heterocycles. The Labute approximate surface area is 181 Å². The SMILES string of the molecule is CN1CC[C@@H](COc2nc(N)c3c(n2)CN(c2cccc4cccc(Cl)c24)CC3)C1. The van der Waals surface area contributed by atoms with Crippen molar-refractivity contribution in [2.75, 3.05) is 43.9 Å². The van der Waals surface area contributed by atoms with Crippen LogP contribution in [0.5, 0.6) is 6.01 Å². The molecule has 1 fully saturated rings. The molecule has 5 rings (SSSR count). The maximum atomic E-state index is 6.55. The third-order valence-electron chi connectivity index (χ3n) is 6.19. The minimum absolute atomic E-state index is 0.388. The predicted octanol–water partition coefficient (Wildman–Crippen LogP) is 3.76. The van der Waals surface area contributed by atoms with Crippen molar-refractivity contribution in [1.82, 2.24) is 14.9 Å². The molecule has 0 aliphatic carbocycles. The van der Waals surface area contributed by atoms with Crippen molar-refractivity contribution in [3.05, 3.63) is 52.7 Å². The van der Waals surface area contributed by atoms with Gasteiger partial charge in [-0.2, -0.15) is 9.97 Å². The van der Waals surface area contributed by atoms with Crippen LogP contribution in [0.15, 0.2) is 36.4 Å². The first-order chi connectivity index (χ1) is 14.6. The lowest BCUT2D eigenvalue weighted by atomic mass is 10.0. The Balaban J connectivity index is 1.40. The van der Waals surface area contributed by atoms with E-state index in [9.17, 15) is 0 Å². The summed E-state index contributed by atoms with van der Waals surface area (Å²) in [4.78, 5) is 13.8. The second kappa shape index (κ2) is 7.93. The number of rotatable bonds is 4. The van der Waals surface area contributed by atoms with Gasteiger partial charge in [-0.25, -0.2) is 0 Å². The maximum Gasteiger partial charge on any atom is 0.318 e. The Morgan fingerprint density at radius 2 is 2.00 bits per heavy atom. The van der Waals surface area contributed by atoms with Crippen LogP contribution in [0.4, 0.5) is 11.5 Å². The number of ether oxygens (including phenoxy) is 1. The van der Waals surface area contributed by atoms with Crippen molar-refractivity contribution >= 4 is 33.9 Å². The van der Waals surface area contributed by atoms with Gasteiger partial charge in [0.15, 0.2) is 0 Å². The number of nitrogens with two attached hydrogens (primary N) is 1. The average Bonchev–Trinajstić information content (AvgIpc) is 3.17. The van der Waals surface area contributed by atoms with Gasteiger partial charge in [0, 0.05) is 35.6 Å². The topological polar surface area (TPSA) is 67.5 Å². The van der Waals surface area contributed by atoms with Crippen LogP contribution in [-0.4, -0.2) is 48.2 Å². The van der Waals surface area contributed by atoms with Crippen LogP contribution in [0.25, 0.3) is 10.8 Å². The minimum Gasteiger partial charge on any atom is -0.463 e. The summed E-state index contributed by atoms with van der Waals surface area (Å²) in [6.45, 7) is 4.31. The van der Waals surface area contributed by atoms with Crippen LogP contribution < -0.4 is 15.4 Å². The van der Waals surface area contributed by atoms with Crippen LogP contribution in [0.3, 0.4) is 0 Å². The minimum atomic E-state index is 0.388. The van der Waals surface area contributed by atoms with E-state index in [0.29, 0.717) is 30.9 Å². The largest absolute Gasteiger partial charge is 0.463 e. The first kappa shape index (κ1) is 19.4. The van der Waals surface area contributed by atoms with Gasteiger partial charge in [0.05, 0.1) is 23.9 Å². The van der Waals surface area contributed by atoms with Gasteiger partial charge in [-0.15, -0.1) is 0 Å². The number of hydrogen-bond donors (Lipinski definition) is 1. The van der Waals surface area contributed by atoms with Crippen molar-refractivity contribution in [1.29, 1.82) is 0 Å². The molecule has 156 valence electrons. The zero-order chi connectivity index (χ0) is 20.7. The van der Waals surface area contributed by atoms with E-state index in [-0.39, 0.29) is 0 Å². The lowest BCUT2D eigenvalue weighted by molar-refractivity contribution is 0.231. The molecule has 0 spiro atoms. The second-order valence-electron chi connectivity index (χ2n) is 8.33. The van der Waals surface area contributed by atoms with Gasteiger partial charge in [-0.05, 0) is 44.0 Å². The van der Waals surface area contributed by atoms with Crippen LogP contribution in [-0.2, 0) is 13.0 Å². The average molecular weight is 424 g/mol. The van der Waals surface area contributed by atoms with Gasteiger partial charge < -0.3 is 20.3 Å². The summed E-state index contributed by atoms with van der Waals surface area (Å²) >= 11 is 6.55. The zero-order valence-corrected chi connectivity index (χ0v) is 17.9. The summed E-state index contributed by atoms with van der Waals surface area (Å²) in [5.41, 5.74) is 9.36. The van der Waals surface area contributed by atoms with Crippen molar-refractivity contribution in [3.63, 3.8) is 0 Å². The number of halogens is 1. The third kappa shape index (κ3) is 3.66. The Hall–Kier alpha value is -2.57. The number of aromatic nitrogens is 2. The number of hydrogen-bond acceptors (Lipinski definition) is 6. The molecule has 3 aromatic rings. The summed E-state index contributed by atoms with van der Waals surface area (Å²) in [6.07, 6.45) is 1.95. The summed E-state index contributed by atoms with van der Waals surface area (Å²) in [7, 11) is 2.14. The van der Waals surface area contributed by atoms with E-state index in [1.165, 1.54) is 0 Å². The van der Waals surface area contributed by atoms with Crippen molar-refractivity contribution < 1.29 is 4.74 Å². The molecule has 0 radical (unpaired) electrons. The monoisotopic (exact) mass is 423 g/mol.